The molecule has 3 saturated heterocycles. The van der Waals surface area contributed by atoms with Crippen LogP contribution < -0.4 is 0 Å². The van der Waals surface area contributed by atoms with Gasteiger partial charge in [0.2, 0.25) is 11.8 Å². The molecule has 0 aromatic rings. The third-order valence-corrected chi connectivity index (χ3v) is 5.63. The molecule has 130 valence electrons. The zero-order valence-electron chi connectivity index (χ0n) is 14.2. The highest BCUT2D eigenvalue weighted by atomic mass is 16.5. The zero-order chi connectivity index (χ0) is 16.1. The highest BCUT2D eigenvalue weighted by Crippen LogP contribution is 2.28. The number of carbonyl (C=O) groups is 2. The standard InChI is InChI=1S/C18H30N2O3/c21-17-7-3-1-2-4-10-20(17)14-18(22)19-11-8-15(9-12-19)16-6-5-13-23-16/h15-16H,1-14H2/t16-/m0/s1. The van der Waals surface area contributed by atoms with Crippen LogP contribution in [0.3, 0.4) is 0 Å². The molecule has 0 saturated carbocycles. The largest absolute Gasteiger partial charge is 0.378 e. The molecule has 2 amide bonds. The lowest BCUT2D eigenvalue weighted by atomic mass is 9.90. The topological polar surface area (TPSA) is 49.9 Å². The minimum Gasteiger partial charge on any atom is -0.378 e. The summed E-state index contributed by atoms with van der Waals surface area (Å²) in [5, 5.41) is 0. The van der Waals surface area contributed by atoms with Gasteiger partial charge in [-0.3, -0.25) is 9.59 Å². The first-order valence-electron chi connectivity index (χ1n) is 9.41. The predicted molar refractivity (Wildman–Crippen MR) is 87.9 cm³/mol. The van der Waals surface area contributed by atoms with E-state index in [4.69, 9.17) is 4.74 Å². The molecule has 0 N–H and O–H groups in total. The fourth-order valence-electron chi connectivity index (χ4n) is 4.14. The molecule has 3 aliphatic heterocycles. The Kier molecular flexibility index (Phi) is 5.92. The molecule has 0 unspecified atom stereocenters. The summed E-state index contributed by atoms with van der Waals surface area (Å²) in [6.07, 6.45) is 9.79. The molecular formula is C18H30N2O3. The minimum atomic E-state index is 0.129. The van der Waals surface area contributed by atoms with E-state index < -0.39 is 0 Å². The van der Waals surface area contributed by atoms with Crippen molar-refractivity contribution >= 4 is 11.8 Å². The quantitative estimate of drug-likeness (QED) is 0.800. The van der Waals surface area contributed by atoms with Crippen LogP contribution in [0.5, 0.6) is 0 Å². The van der Waals surface area contributed by atoms with E-state index in [-0.39, 0.29) is 18.4 Å². The molecule has 0 radical (unpaired) electrons. The maximum atomic E-state index is 12.5. The van der Waals surface area contributed by atoms with Crippen molar-refractivity contribution in [2.24, 2.45) is 5.92 Å². The summed E-state index contributed by atoms with van der Waals surface area (Å²) in [6, 6.07) is 0. The van der Waals surface area contributed by atoms with Gasteiger partial charge < -0.3 is 14.5 Å². The van der Waals surface area contributed by atoms with E-state index in [1.807, 2.05) is 4.90 Å². The number of nitrogens with zero attached hydrogens (tertiary/aromatic N) is 2. The van der Waals surface area contributed by atoms with Crippen LogP contribution in [0.25, 0.3) is 0 Å². The Balaban J connectivity index is 1.45. The van der Waals surface area contributed by atoms with Crippen molar-refractivity contribution in [1.82, 2.24) is 9.80 Å². The summed E-state index contributed by atoms with van der Waals surface area (Å²) in [7, 11) is 0. The summed E-state index contributed by atoms with van der Waals surface area (Å²) >= 11 is 0. The van der Waals surface area contributed by atoms with E-state index >= 15 is 0 Å². The van der Waals surface area contributed by atoms with Gasteiger partial charge in [-0.2, -0.15) is 0 Å². The van der Waals surface area contributed by atoms with Gasteiger partial charge >= 0.3 is 0 Å². The van der Waals surface area contributed by atoms with Crippen molar-refractivity contribution in [3.8, 4) is 0 Å². The van der Waals surface area contributed by atoms with Gasteiger partial charge in [0.1, 0.15) is 0 Å². The van der Waals surface area contributed by atoms with Crippen molar-refractivity contribution in [1.29, 1.82) is 0 Å². The van der Waals surface area contributed by atoms with Crippen LogP contribution in [0.15, 0.2) is 0 Å². The lowest BCUT2D eigenvalue weighted by Crippen LogP contribution is -2.47. The van der Waals surface area contributed by atoms with E-state index in [1.165, 1.54) is 19.3 Å². The Labute approximate surface area is 139 Å². The van der Waals surface area contributed by atoms with Crippen LogP contribution in [0.2, 0.25) is 0 Å². The fraction of sp³-hybridized carbons (Fsp3) is 0.889. The molecule has 5 heteroatoms. The first-order valence-corrected chi connectivity index (χ1v) is 9.41. The normalized spacial score (nSPS) is 27.8. The molecular weight excluding hydrogens is 292 g/mol. The van der Waals surface area contributed by atoms with Crippen molar-refractivity contribution in [2.75, 3.05) is 32.8 Å². The zero-order valence-corrected chi connectivity index (χ0v) is 14.2. The fourth-order valence-corrected chi connectivity index (χ4v) is 4.14. The highest BCUT2D eigenvalue weighted by molar-refractivity contribution is 5.85. The molecule has 3 aliphatic rings. The number of piperidine rings is 1. The van der Waals surface area contributed by atoms with Crippen LogP contribution >= 0.6 is 0 Å². The van der Waals surface area contributed by atoms with E-state index in [2.05, 4.69) is 0 Å². The molecule has 3 rings (SSSR count). The molecule has 0 bridgehead atoms. The maximum Gasteiger partial charge on any atom is 0.242 e. The van der Waals surface area contributed by atoms with E-state index in [1.54, 1.807) is 4.90 Å². The summed E-state index contributed by atoms with van der Waals surface area (Å²) in [4.78, 5) is 28.4. The van der Waals surface area contributed by atoms with Crippen LogP contribution in [-0.2, 0) is 14.3 Å². The van der Waals surface area contributed by atoms with Crippen LogP contribution in [0, 0.1) is 5.92 Å². The Morgan fingerprint density at radius 1 is 1.00 bits per heavy atom. The van der Waals surface area contributed by atoms with Gasteiger partial charge in [0, 0.05) is 32.7 Å². The summed E-state index contributed by atoms with van der Waals surface area (Å²) < 4.78 is 5.79. The average molecular weight is 322 g/mol. The van der Waals surface area contributed by atoms with E-state index in [9.17, 15) is 9.59 Å². The summed E-state index contributed by atoms with van der Waals surface area (Å²) in [6.45, 7) is 3.58. The maximum absolute atomic E-state index is 12.5. The van der Waals surface area contributed by atoms with Gasteiger partial charge in [-0.1, -0.05) is 12.8 Å². The summed E-state index contributed by atoms with van der Waals surface area (Å²) in [5.74, 6) is 0.905. The van der Waals surface area contributed by atoms with Gasteiger partial charge in [0.15, 0.2) is 0 Å². The Hall–Kier alpha value is -1.10. The van der Waals surface area contributed by atoms with Crippen LogP contribution in [0.1, 0.15) is 57.8 Å². The lowest BCUT2D eigenvalue weighted by molar-refractivity contribution is -0.142. The second-order valence-corrected chi connectivity index (χ2v) is 7.25. The number of carbonyl (C=O) groups excluding carboxylic acids is 2. The number of ether oxygens (including phenoxy) is 1. The number of hydrogen-bond acceptors (Lipinski definition) is 3. The van der Waals surface area contributed by atoms with Gasteiger partial charge in [-0.05, 0) is 44.4 Å². The third-order valence-electron chi connectivity index (χ3n) is 5.63. The molecule has 23 heavy (non-hydrogen) atoms. The molecule has 3 fully saturated rings. The number of hydrogen-bond donors (Lipinski definition) is 0. The number of rotatable bonds is 3. The molecule has 0 aromatic heterocycles. The van der Waals surface area contributed by atoms with Crippen LogP contribution in [0.4, 0.5) is 0 Å². The monoisotopic (exact) mass is 322 g/mol. The molecule has 5 nitrogen and oxygen atoms in total. The molecule has 3 heterocycles. The first-order chi connectivity index (χ1) is 11.2. The Morgan fingerprint density at radius 3 is 2.52 bits per heavy atom. The second-order valence-electron chi connectivity index (χ2n) is 7.25. The van der Waals surface area contributed by atoms with Crippen molar-refractivity contribution < 1.29 is 14.3 Å². The smallest absolute Gasteiger partial charge is 0.242 e. The molecule has 0 aliphatic carbocycles. The van der Waals surface area contributed by atoms with E-state index in [0.717, 1.165) is 58.3 Å². The predicted octanol–water partition coefficient (Wildman–Crippen LogP) is 2.20. The molecule has 0 spiro atoms. The van der Waals surface area contributed by atoms with Crippen LogP contribution in [-0.4, -0.2) is 60.5 Å². The minimum absolute atomic E-state index is 0.129. The average Bonchev–Trinajstić information content (AvgIpc) is 3.09. The van der Waals surface area contributed by atoms with Gasteiger partial charge in [-0.25, -0.2) is 0 Å². The Morgan fingerprint density at radius 2 is 1.78 bits per heavy atom. The summed E-state index contributed by atoms with van der Waals surface area (Å²) in [5.41, 5.74) is 0. The first kappa shape index (κ1) is 16.7. The van der Waals surface area contributed by atoms with E-state index in [0.29, 0.717) is 18.4 Å². The third kappa shape index (κ3) is 4.46. The van der Waals surface area contributed by atoms with Crippen molar-refractivity contribution in [2.45, 2.75) is 63.9 Å². The van der Waals surface area contributed by atoms with Crippen molar-refractivity contribution in [3.63, 3.8) is 0 Å². The number of amides is 2. The molecule has 0 aromatic carbocycles. The van der Waals surface area contributed by atoms with Gasteiger partial charge in [-0.15, -0.1) is 0 Å². The van der Waals surface area contributed by atoms with Gasteiger partial charge in [0.05, 0.1) is 12.6 Å². The Bertz CT molecular complexity index is 412. The molecule has 1 atom stereocenters. The van der Waals surface area contributed by atoms with Crippen molar-refractivity contribution in [3.05, 3.63) is 0 Å². The highest BCUT2D eigenvalue weighted by Gasteiger charge is 2.31. The lowest BCUT2D eigenvalue weighted by Gasteiger charge is -2.35. The van der Waals surface area contributed by atoms with Gasteiger partial charge in [0.25, 0.3) is 0 Å². The second kappa shape index (κ2) is 8.13. The SMILES string of the molecule is O=C(CN1CCCCCCC1=O)N1CCC([C@@H]2CCCO2)CC1. The number of likely N-dealkylation sites (tertiary alicyclic amines) is 2.